The Morgan fingerprint density at radius 3 is 2.46 bits per heavy atom. The largest absolute Gasteiger partial charge is 0.353 e. The molecule has 5 nitrogen and oxygen atoms in total. The van der Waals surface area contributed by atoms with Crippen LogP contribution in [0.3, 0.4) is 0 Å². The molecule has 1 atom stereocenters. The van der Waals surface area contributed by atoms with E-state index in [4.69, 9.17) is 0 Å². The van der Waals surface area contributed by atoms with Crippen molar-refractivity contribution in [3.05, 3.63) is 70.5 Å². The number of fused-ring (bicyclic) bond motifs is 1. The number of benzene rings is 2. The Kier molecular flexibility index (Phi) is 6.52. The van der Waals surface area contributed by atoms with Crippen LogP contribution in [0.15, 0.2) is 64.5 Å². The van der Waals surface area contributed by atoms with E-state index in [0.29, 0.717) is 28.5 Å². The number of nitrogens with one attached hydrogen (secondary N) is 1. The van der Waals surface area contributed by atoms with Gasteiger partial charge in [0.25, 0.3) is 5.56 Å². The van der Waals surface area contributed by atoms with E-state index >= 15 is 0 Å². The molecule has 0 saturated carbocycles. The number of rotatable bonds is 7. The zero-order valence-corrected chi connectivity index (χ0v) is 17.2. The maximum Gasteiger partial charge on any atom is 0.262 e. The van der Waals surface area contributed by atoms with Crippen molar-refractivity contribution in [3.8, 4) is 0 Å². The van der Waals surface area contributed by atoms with Crippen molar-refractivity contribution in [1.82, 2.24) is 14.9 Å². The fourth-order valence-corrected chi connectivity index (χ4v) is 3.57. The minimum atomic E-state index is -0.0899. The zero-order valence-electron chi connectivity index (χ0n) is 16.4. The van der Waals surface area contributed by atoms with Crippen LogP contribution in [0.25, 0.3) is 10.9 Å². The van der Waals surface area contributed by atoms with Gasteiger partial charge >= 0.3 is 0 Å². The van der Waals surface area contributed by atoms with Gasteiger partial charge in [-0.05, 0) is 30.5 Å². The Morgan fingerprint density at radius 1 is 1.07 bits per heavy atom. The van der Waals surface area contributed by atoms with E-state index in [-0.39, 0.29) is 23.3 Å². The van der Waals surface area contributed by atoms with Crippen LogP contribution in [0, 0.1) is 5.92 Å². The van der Waals surface area contributed by atoms with Crippen molar-refractivity contribution in [2.24, 2.45) is 5.92 Å². The molecule has 0 fully saturated rings. The molecule has 1 heterocycles. The standard InChI is InChI=1S/C22H25N3O2S/c1-15(2)16(3)23-20(26)14-28-22-24-19-12-8-7-11-18(19)21(27)25(22)13-17-9-5-4-6-10-17/h4-12,15-16H,13-14H2,1-3H3,(H,23,26)/t16-/m1/s1. The van der Waals surface area contributed by atoms with Gasteiger partial charge in [-0.15, -0.1) is 0 Å². The van der Waals surface area contributed by atoms with Gasteiger partial charge in [-0.1, -0.05) is 68.1 Å². The van der Waals surface area contributed by atoms with Gasteiger partial charge in [0.1, 0.15) is 0 Å². The number of thioether (sulfide) groups is 1. The normalized spacial score (nSPS) is 12.3. The Balaban J connectivity index is 1.90. The van der Waals surface area contributed by atoms with Crippen LogP contribution in [0.2, 0.25) is 0 Å². The van der Waals surface area contributed by atoms with E-state index in [9.17, 15) is 9.59 Å². The molecule has 0 saturated heterocycles. The SMILES string of the molecule is CC(C)[C@@H](C)NC(=O)CSc1nc2ccccc2c(=O)n1Cc1ccccc1. The summed E-state index contributed by atoms with van der Waals surface area (Å²) >= 11 is 1.30. The second-order valence-electron chi connectivity index (χ2n) is 7.18. The predicted molar refractivity (Wildman–Crippen MR) is 115 cm³/mol. The minimum absolute atomic E-state index is 0.0557. The third kappa shape index (κ3) is 4.81. The first-order valence-corrected chi connectivity index (χ1v) is 10.4. The first-order valence-electron chi connectivity index (χ1n) is 9.41. The summed E-state index contributed by atoms with van der Waals surface area (Å²) in [6.07, 6.45) is 0. The molecule has 2 aromatic carbocycles. The number of carbonyl (C=O) groups is 1. The van der Waals surface area contributed by atoms with Gasteiger partial charge < -0.3 is 5.32 Å². The van der Waals surface area contributed by atoms with Gasteiger partial charge in [-0.3, -0.25) is 14.2 Å². The first-order chi connectivity index (χ1) is 13.5. The second-order valence-corrected chi connectivity index (χ2v) is 8.12. The molecule has 0 bridgehead atoms. The molecule has 0 unspecified atom stereocenters. The molecular weight excluding hydrogens is 370 g/mol. The molecule has 1 N–H and O–H groups in total. The lowest BCUT2D eigenvalue weighted by Gasteiger charge is -2.17. The van der Waals surface area contributed by atoms with Gasteiger partial charge in [0.05, 0.1) is 23.2 Å². The van der Waals surface area contributed by atoms with E-state index in [0.717, 1.165) is 5.56 Å². The van der Waals surface area contributed by atoms with Gasteiger partial charge in [0, 0.05) is 6.04 Å². The molecule has 28 heavy (non-hydrogen) atoms. The topological polar surface area (TPSA) is 64.0 Å². The molecule has 0 spiro atoms. The molecule has 1 aromatic heterocycles. The van der Waals surface area contributed by atoms with Crippen LogP contribution in [0.5, 0.6) is 0 Å². The summed E-state index contributed by atoms with van der Waals surface area (Å²) in [5.41, 5.74) is 1.57. The number of aromatic nitrogens is 2. The Bertz CT molecular complexity index is 1020. The number of amides is 1. The third-order valence-corrected chi connectivity index (χ3v) is 5.71. The van der Waals surface area contributed by atoms with Gasteiger partial charge in [-0.25, -0.2) is 4.98 Å². The number of nitrogens with zero attached hydrogens (tertiary/aromatic N) is 2. The molecule has 0 radical (unpaired) electrons. The lowest BCUT2D eigenvalue weighted by atomic mass is 10.1. The highest BCUT2D eigenvalue weighted by Crippen LogP contribution is 2.19. The highest BCUT2D eigenvalue weighted by molar-refractivity contribution is 7.99. The van der Waals surface area contributed by atoms with Crippen molar-refractivity contribution in [2.45, 2.75) is 38.5 Å². The van der Waals surface area contributed by atoms with Crippen LogP contribution >= 0.6 is 11.8 Å². The molecule has 0 aliphatic heterocycles. The van der Waals surface area contributed by atoms with Gasteiger partial charge in [0.2, 0.25) is 5.91 Å². The molecule has 1 amide bonds. The lowest BCUT2D eigenvalue weighted by Crippen LogP contribution is -2.37. The van der Waals surface area contributed by atoms with Crippen molar-refractivity contribution >= 4 is 28.6 Å². The molecule has 6 heteroatoms. The quantitative estimate of drug-likeness (QED) is 0.489. The van der Waals surface area contributed by atoms with Gasteiger partial charge in [-0.2, -0.15) is 0 Å². The lowest BCUT2D eigenvalue weighted by molar-refractivity contribution is -0.119. The monoisotopic (exact) mass is 395 g/mol. The zero-order chi connectivity index (χ0) is 20.1. The van der Waals surface area contributed by atoms with Crippen molar-refractivity contribution < 1.29 is 4.79 Å². The molecular formula is C22H25N3O2S. The molecule has 3 aromatic rings. The fourth-order valence-electron chi connectivity index (χ4n) is 2.76. The average Bonchev–Trinajstić information content (AvgIpc) is 2.69. The summed E-state index contributed by atoms with van der Waals surface area (Å²) < 4.78 is 1.65. The third-order valence-electron chi connectivity index (χ3n) is 4.73. The molecule has 3 rings (SSSR count). The second kappa shape index (κ2) is 9.06. The summed E-state index contributed by atoms with van der Waals surface area (Å²) in [6.45, 7) is 6.55. The summed E-state index contributed by atoms with van der Waals surface area (Å²) in [6, 6.07) is 17.2. The van der Waals surface area contributed by atoms with E-state index in [1.807, 2.05) is 55.5 Å². The maximum atomic E-state index is 13.1. The molecule has 0 aliphatic carbocycles. The van der Waals surface area contributed by atoms with Crippen molar-refractivity contribution in [3.63, 3.8) is 0 Å². The summed E-state index contributed by atoms with van der Waals surface area (Å²) in [5.74, 6) is 0.528. The number of hydrogen-bond donors (Lipinski definition) is 1. The van der Waals surface area contributed by atoms with Crippen LogP contribution in [-0.4, -0.2) is 27.3 Å². The van der Waals surface area contributed by atoms with Crippen LogP contribution in [0.4, 0.5) is 0 Å². The van der Waals surface area contributed by atoms with Crippen molar-refractivity contribution in [1.29, 1.82) is 0 Å². The van der Waals surface area contributed by atoms with Gasteiger partial charge in [0.15, 0.2) is 5.16 Å². The Morgan fingerprint density at radius 2 is 1.75 bits per heavy atom. The highest BCUT2D eigenvalue weighted by atomic mass is 32.2. The number of carbonyl (C=O) groups excluding carboxylic acids is 1. The molecule has 0 aliphatic rings. The van der Waals surface area contributed by atoms with Crippen LogP contribution < -0.4 is 10.9 Å². The molecule has 146 valence electrons. The average molecular weight is 396 g/mol. The predicted octanol–water partition coefficient (Wildman–Crippen LogP) is 3.70. The smallest absolute Gasteiger partial charge is 0.262 e. The minimum Gasteiger partial charge on any atom is -0.353 e. The number of hydrogen-bond acceptors (Lipinski definition) is 4. The van der Waals surface area contributed by atoms with E-state index < -0.39 is 0 Å². The van der Waals surface area contributed by atoms with Crippen LogP contribution in [-0.2, 0) is 11.3 Å². The van der Waals surface area contributed by atoms with Crippen LogP contribution in [0.1, 0.15) is 26.3 Å². The van der Waals surface area contributed by atoms with E-state index in [2.05, 4.69) is 24.1 Å². The van der Waals surface area contributed by atoms with E-state index in [1.165, 1.54) is 11.8 Å². The maximum absolute atomic E-state index is 13.1. The Labute approximate surface area is 169 Å². The summed E-state index contributed by atoms with van der Waals surface area (Å²) in [4.78, 5) is 30.0. The summed E-state index contributed by atoms with van der Waals surface area (Å²) in [7, 11) is 0. The first kappa shape index (κ1) is 20.1. The van der Waals surface area contributed by atoms with Crippen molar-refractivity contribution in [2.75, 3.05) is 5.75 Å². The highest BCUT2D eigenvalue weighted by Gasteiger charge is 2.15. The number of para-hydroxylation sites is 1. The Hall–Kier alpha value is -2.60. The van der Waals surface area contributed by atoms with E-state index in [1.54, 1.807) is 10.6 Å². The summed E-state index contributed by atoms with van der Waals surface area (Å²) in [5, 5.41) is 4.13. The fraction of sp³-hybridized carbons (Fsp3) is 0.318.